The number of hydrogen-bond donors (Lipinski definition) is 2. The number of rotatable bonds is 6. The summed E-state index contributed by atoms with van der Waals surface area (Å²) in [6, 6.07) is 14.9. The van der Waals surface area contributed by atoms with E-state index in [1.54, 1.807) is 10.9 Å². The normalized spacial score (nSPS) is 10.9. The highest BCUT2D eigenvalue weighted by Gasteiger charge is 2.08. The molecule has 1 heterocycles. The number of anilines is 1. The van der Waals surface area contributed by atoms with Crippen molar-refractivity contribution in [1.82, 2.24) is 14.9 Å². The Labute approximate surface area is 161 Å². The third-order valence-electron chi connectivity index (χ3n) is 3.63. The molecule has 3 rings (SSSR count). The molecule has 138 valence electrons. The number of benzene rings is 2. The van der Waals surface area contributed by atoms with Crippen LogP contribution in [0.4, 0.5) is 5.69 Å². The summed E-state index contributed by atoms with van der Waals surface area (Å²) in [6.45, 7) is 4.03. The molecule has 2 aromatic carbocycles. The van der Waals surface area contributed by atoms with Gasteiger partial charge in [-0.1, -0.05) is 12.1 Å². The standard InChI is InChI=1S/C19H19N5O2S/c1-3-26-17-10-6-15(7-11-17)18-22-23-19(27)24(18)20-12-14-4-8-16(9-5-14)21-13(2)25/h4-12H,3H2,1-2H3,(H,21,25)(H,23,27)/b20-12-. The van der Waals surface area contributed by atoms with Crippen LogP contribution in [-0.2, 0) is 4.79 Å². The van der Waals surface area contributed by atoms with Crippen molar-refractivity contribution in [2.45, 2.75) is 13.8 Å². The van der Waals surface area contributed by atoms with Gasteiger partial charge in [0.05, 0.1) is 12.8 Å². The summed E-state index contributed by atoms with van der Waals surface area (Å²) in [7, 11) is 0. The molecule has 0 atom stereocenters. The minimum Gasteiger partial charge on any atom is -0.494 e. The van der Waals surface area contributed by atoms with Gasteiger partial charge < -0.3 is 10.1 Å². The van der Waals surface area contributed by atoms with E-state index in [0.717, 1.165) is 22.6 Å². The number of amides is 1. The number of nitrogens with zero attached hydrogens (tertiary/aromatic N) is 3. The average molecular weight is 381 g/mol. The SMILES string of the molecule is CCOc1ccc(-c2n[nH]c(=S)n2/N=C\c2ccc(NC(C)=O)cc2)cc1. The fourth-order valence-electron chi connectivity index (χ4n) is 2.43. The number of carbonyl (C=O) groups excluding carboxylic acids is 1. The van der Waals surface area contributed by atoms with E-state index in [0.29, 0.717) is 17.2 Å². The van der Waals surface area contributed by atoms with Crippen molar-refractivity contribution in [2.75, 3.05) is 11.9 Å². The first kappa shape index (κ1) is 18.5. The lowest BCUT2D eigenvalue weighted by molar-refractivity contribution is -0.114. The second kappa shape index (κ2) is 8.41. The summed E-state index contributed by atoms with van der Waals surface area (Å²) >= 11 is 5.28. The van der Waals surface area contributed by atoms with Crippen LogP contribution in [0.5, 0.6) is 5.75 Å². The maximum absolute atomic E-state index is 11.1. The Bertz CT molecular complexity index is 1000. The molecule has 0 bridgehead atoms. The molecule has 0 aliphatic heterocycles. The lowest BCUT2D eigenvalue weighted by atomic mass is 10.2. The largest absolute Gasteiger partial charge is 0.494 e. The molecule has 0 spiro atoms. The maximum Gasteiger partial charge on any atom is 0.221 e. The molecular formula is C19H19N5O2S. The predicted molar refractivity (Wildman–Crippen MR) is 108 cm³/mol. The molecule has 27 heavy (non-hydrogen) atoms. The van der Waals surface area contributed by atoms with Gasteiger partial charge in [0, 0.05) is 18.2 Å². The number of aromatic nitrogens is 3. The van der Waals surface area contributed by atoms with E-state index in [-0.39, 0.29) is 5.91 Å². The first-order valence-corrected chi connectivity index (χ1v) is 8.80. The van der Waals surface area contributed by atoms with Gasteiger partial charge in [0.2, 0.25) is 10.7 Å². The van der Waals surface area contributed by atoms with Crippen LogP contribution in [0.2, 0.25) is 0 Å². The molecule has 7 nitrogen and oxygen atoms in total. The second-order valence-electron chi connectivity index (χ2n) is 5.67. The third kappa shape index (κ3) is 4.68. The van der Waals surface area contributed by atoms with Crippen molar-refractivity contribution in [3.05, 3.63) is 58.9 Å². The summed E-state index contributed by atoms with van der Waals surface area (Å²) < 4.78 is 7.42. The van der Waals surface area contributed by atoms with Crippen LogP contribution in [0.15, 0.2) is 53.6 Å². The van der Waals surface area contributed by atoms with Crippen molar-refractivity contribution in [3.8, 4) is 17.1 Å². The Kier molecular flexibility index (Phi) is 5.77. The van der Waals surface area contributed by atoms with Crippen LogP contribution in [0, 0.1) is 4.77 Å². The Balaban J connectivity index is 1.83. The minimum atomic E-state index is -0.110. The Morgan fingerprint density at radius 1 is 1.26 bits per heavy atom. The molecule has 0 unspecified atom stereocenters. The van der Waals surface area contributed by atoms with Gasteiger partial charge in [-0.05, 0) is 61.1 Å². The van der Waals surface area contributed by atoms with Gasteiger partial charge in [0.15, 0.2) is 5.82 Å². The van der Waals surface area contributed by atoms with Crippen LogP contribution in [0.3, 0.4) is 0 Å². The zero-order valence-electron chi connectivity index (χ0n) is 15.0. The van der Waals surface area contributed by atoms with Gasteiger partial charge in [0.25, 0.3) is 0 Å². The summed E-state index contributed by atoms with van der Waals surface area (Å²) in [6.07, 6.45) is 1.68. The van der Waals surface area contributed by atoms with Gasteiger partial charge in [-0.25, -0.2) is 5.10 Å². The van der Waals surface area contributed by atoms with E-state index in [2.05, 4.69) is 20.6 Å². The topological polar surface area (TPSA) is 84.3 Å². The molecule has 8 heteroatoms. The van der Waals surface area contributed by atoms with E-state index in [9.17, 15) is 4.79 Å². The van der Waals surface area contributed by atoms with Crippen LogP contribution in [0.1, 0.15) is 19.4 Å². The molecule has 3 aromatic rings. The molecular weight excluding hydrogens is 362 g/mol. The van der Waals surface area contributed by atoms with Crippen LogP contribution in [0.25, 0.3) is 11.4 Å². The predicted octanol–water partition coefficient (Wildman–Crippen LogP) is 3.85. The lowest BCUT2D eigenvalue weighted by Crippen LogP contribution is -2.05. The number of nitrogens with one attached hydrogen (secondary N) is 2. The zero-order chi connectivity index (χ0) is 19.2. The first-order valence-electron chi connectivity index (χ1n) is 8.39. The van der Waals surface area contributed by atoms with Gasteiger partial charge in [0.1, 0.15) is 5.75 Å². The van der Waals surface area contributed by atoms with E-state index in [4.69, 9.17) is 17.0 Å². The quantitative estimate of drug-likeness (QED) is 0.502. The summed E-state index contributed by atoms with van der Waals surface area (Å²) in [5.74, 6) is 1.29. The maximum atomic E-state index is 11.1. The molecule has 0 saturated heterocycles. The zero-order valence-corrected chi connectivity index (χ0v) is 15.8. The number of carbonyl (C=O) groups is 1. The van der Waals surface area contributed by atoms with Crippen molar-refractivity contribution < 1.29 is 9.53 Å². The van der Waals surface area contributed by atoms with Crippen molar-refractivity contribution >= 4 is 30.0 Å². The average Bonchev–Trinajstić information content (AvgIpc) is 3.02. The highest BCUT2D eigenvalue weighted by Crippen LogP contribution is 2.21. The molecule has 0 fully saturated rings. The van der Waals surface area contributed by atoms with E-state index >= 15 is 0 Å². The Hall–Kier alpha value is -3.26. The fourth-order valence-corrected chi connectivity index (χ4v) is 2.61. The van der Waals surface area contributed by atoms with Gasteiger partial charge in [-0.2, -0.15) is 14.9 Å². The van der Waals surface area contributed by atoms with Crippen LogP contribution < -0.4 is 10.1 Å². The number of ether oxygens (including phenoxy) is 1. The molecule has 1 aromatic heterocycles. The first-order chi connectivity index (χ1) is 13.1. The molecule has 0 radical (unpaired) electrons. The molecule has 2 N–H and O–H groups in total. The molecule has 1 amide bonds. The van der Waals surface area contributed by atoms with Gasteiger partial charge in [-0.15, -0.1) is 0 Å². The van der Waals surface area contributed by atoms with E-state index < -0.39 is 0 Å². The van der Waals surface area contributed by atoms with Gasteiger partial charge >= 0.3 is 0 Å². The number of H-pyrrole nitrogens is 1. The number of aromatic amines is 1. The van der Waals surface area contributed by atoms with E-state index in [1.807, 2.05) is 55.5 Å². The van der Waals surface area contributed by atoms with E-state index in [1.165, 1.54) is 6.92 Å². The highest BCUT2D eigenvalue weighted by atomic mass is 32.1. The highest BCUT2D eigenvalue weighted by molar-refractivity contribution is 7.71. The Morgan fingerprint density at radius 2 is 1.96 bits per heavy atom. The lowest BCUT2D eigenvalue weighted by Gasteiger charge is -2.05. The summed E-state index contributed by atoms with van der Waals surface area (Å²) in [5.41, 5.74) is 2.46. The van der Waals surface area contributed by atoms with Crippen molar-refractivity contribution in [1.29, 1.82) is 0 Å². The van der Waals surface area contributed by atoms with Crippen LogP contribution in [-0.4, -0.2) is 33.6 Å². The third-order valence-corrected chi connectivity index (χ3v) is 3.89. The molecule has 0 aliphatic rings. The smallest absolute Gasteiger partial charge is 0.221 e. The van der Waals surface area contributed by atoms with Gasteiger partial charge in [-0.3, -0.25) is 4.79 Å². The Morgan fingerprint density at radius 3 is 2.59 bits per heavy atom. The fraction of sp³-hybridized carbons (Fsp3) is 0.158. The van der Waals surface area contributed by atoms with Crippen molar-refractivity contribution in [2.24, 2.45) is 5.10 Å². The monoisotopic (exact) mass is 381 g/mol. The summed E-state index contributed by atoms with van der Waals surface area (Å²) in [5, 5.41) is 14.2. The van der Waals surface area contributed by atoms with Crippen LogP contribution >= 0.6 is 12.2 Å². The molecule has 0 saturated carbocycles. The van der Waals surface area contributed by atoms with Crippen molar-refractivity contribution in [3.63, 3.8) is 0 Å². The minimum absolute atomic E-state index is 0.110. The number of hydrogen-bond acceptors (Lipinski definition) is 5. The summed E-state index contributed by atoms with van der Waals surface area (Å²) in [4.78, 5) is 11.1. The second-order valence-corrected chi connectivity index (χ2v) is 6.06. The molecule has 0 aliphatic carbocycles.